The van der Waals surface area contributed by atoms with Gasteiger partial charge in [-0.1, -0.05) is 0 Å². The molecule has 1 atom stereocenters. The summed E-state index contributed by atoms with van der Waals surface area (Å²) in [7, 11) is 1.61. The van der Waals surface area contributed by atoms with Crippen LogP contribution in [0.1, 0.15) is 24.2 Å². The van der Waals surface area contributed by atoms with Crippen LogP contribution in [-0.2, 0) is 4.79 Å². The van der Waals surface area contributed by atoms with Gasteiger partial charge in [-0.05, 0) is 32.0 Å². The van der Waals surface area contributed by atoms with Crippen molar-refractivity contribution in [3.05, 3.63) is 23.8 Å². The number of rotatable bonds is 3. The van der Waals surface area contributed by atoms with Crippen LogP contribution in [0.25, 0.3) is 0 Å². The lowest BCUT2D eigenvalue weighted by molar-refractivity contribution is -0.119. The van der Waals surface area contributed by atoms with Gasteiger partial charge in [-0.3, -0.25) is 9.59 Å². The Kier molecular flexibility index (Phi) is 3.74. The lowest BCUT2D eigenvalue weighted by Gasteiger charge is -2.34. The number of benzene rings is 1. The van der Waals surface area contributed by atoms with E-state index in [1.165, 1.54) is 6.92 Å². The smallest absolute Gasteiger partial charge is 0.239 e. The molecule has 0 spiro atoms. The van der Waals surface area contributed by atoms with Gasteiger partial charge in [0.2, 0.25) is 5.91 Å². The summed E-state index contributed by atoms with van der Waals surface area (Å²) in [6.45, 7) is 4.37. The van der Waals surface area contributed by atoms with Crippen molar-refractivity contribution in [1.82, 2.24) is 5.32 Å². The second-order valence-corrected chi connectivity index (χ2v) is 4.72. The number of nitrogens with zero attached hydrogens (tertiary/aromatic N) is 1. The van der Waals surface area contributed by atoms with E-state index in [-0.39, 0.29) is 24.3 Å². The van der Waals surface area contributed by atoms with E-state index < -0.39 is 0 Å². The highest BCUT2D eigenvalue weighted by Gasteiger charge is 2.25. The highest BCUT2D eigenvalue weighted by Crippen LogP contribution is 2.34. The molecule has 1 heterocycles. The van der Waals surface area contributed by atoms with E-state index in [1.807, 2.05) is 11.8 Å². The molecule has 1 aliphatic heterocycles. The topological polar surface area (TPSA) is 58.6 Å². The Hall–Kier alpha value is -2.04. The first kappa shape index (κ1) is 13.4. The number of carbonyl (C=O) groups is 2. The fraction of sp³-hybridized carbons (Fsp3) is 0.429. The Morgan fingerprint density at radius 1 is 1.47 bits per heavy atom. The molecule has 1 aliphatic rings. The number of anilines is 1. The van der Waals surface area contributed by atoms with Crippen LogP contribution >= 0.6 is 0 Å². The number of hydrogen-bond acceptors (Lipinski definition) is 4. The molecule has 102 valence electrons. The van der Waals surface area contributed by atoms with Gasteiger partial charge >= 0.3 is 0 Å². The molecule has 0 saturated carbocycles. The summed E-state index contributed by atoms with van der Waals surface area (Å²) in [5, 5.41) is 2.61. The molecule has 1 N–H and O–H groups in total. The average molecular weight is 262 g/mol. The second-order valence-electron chi connectivity index (χ2n) is 4.72. The molecule has 2 rings (SSSR count). The number of ketones is 1. The van der Waals surface area contributed by atoms with Crippen molar-refractivity contribution in [1.29, 1.82) is 0 Å². The molecule has 5 nitrogen and oxygen atoms in total. The largest absolute Gasteiger partial charge is 0.487 e. The van der Waals surface area contributed by atoms with E-state index in [9.17, 15) is 9.59 Å². The molecule has 0 bridgehead atoms. The minimum atomic E-state index is -0.0618. The zero-order valence-electron chi connectivity index (χ0n) is 11.4. The van der Waals surface area contributed by atoms with Gasteiger partial charge in [-0.2, -0.15) is 0 Å². The number of nitrogens with one attached hydrogen (secondary N) is 1. The number of fused-ring (bicyclic) bond motifs is 1. The monoisotopic (exact) mass is 262 g/mol. The number of Topliss-reactive ketones (excluding diaryl/α,β-unsaturated/α-hetero) is 1. The third kappa shape index (κ3) is 2.86. The van der Waals surface area contributed by atoms with E-state index in [1.54, 1.807) is 25.2 Å². The third-order valence-corrected chi connectivity index (χ3v) is 3.13. The molecular weight excluding hydrogens is 244 g/mol. The van der Waals surface area contributed by atoms with Crippen LogP contribution in [-0.4, -0.2) is 37.9 Å². The molecule has 1 aromatic rings. The Morgan fingerprint density at radius 3 is 2.84 bits per heavy atom. The van der Waals surface area contributed by atoms with Gasteiger partial charge in [0, 0.05) is 12.6 Å². The molecule has 0 aliphatic carbocycles. The van der Waals surface area contributed by atoms with Crippen LogP contribution in [0.15, 0.2) is 18.2 Å². The minimum Gasteiger partial charge on any atom is -0.487 e. The summed E-state index contributed by atoms with van der Waals surface area (Å²) >= 11 is 0. The quantitative estimate of drug-likeness (QED) is 0.832. The first-order valence-electron chi connectivity index (χ1n) is 6.28. The number of ether oxygens (including phenoxy) is 1. The van der Waals surface area contributed by atoms with Crippen molar-refractivity contribution in [2.45, 2.75) is 20.0 Å². The van der Waals surface area contributed by atoms with Gasteiger partial charge in [0.1, 0.15) is 11.9 Å². The summed E-state index contributed by atoms with van der Waals surface area (Å²) in [5.74, 6) is 0.655. The number of amides is 1. The normalized spacial score (nSPS) is 17.4. The maximum absolute atomic E-state index is 11.6. The zero-order valence-corrected chi connectivity index (χ0v) is 11.4. The fourth-order valence-electron chi connectivity index (χ4n) is 2.15. The van der Waals surface area contributed by atoms with Gasteiger partial charge in [0.15, 0.2) is 5.78 Å². The predicted molar refractivity (Wildman–Crippen MR) is 72.8 cm³/mol. The molecule has 1 aromatic carbocycles. The molecule has 0 radical (unpaired) electrons. The van der Waals surface area contributed by atoms with E-state index in [2.05, 4.69) is 5.32 Å². The molecule has 5 heteroatoms. The standard InChI is InChI=1S/C14H18N2O3/c1-9-7-16(8-14(18)15-3)12-6-11(10(2)17)4-5-13(12)19-9/h4-6,9H,7-8H2,1-3H3,(H,15,18). The summed E-state index contributed by atoms with van der Waals surface area (Å²) < 4.78 is 5.73. The zero-order chi connectivity index (χ0) is 14.0. The van der Waals surface area contributed by atoms with Gasteiger partial charge in [-0.25, -0.2) is 0 Å². The van der Waals surface area contributed by atoms with Gasteiger partial charge in [-0.15, -0.1) is 0 Å². The molecule has 1 unspecified atom stereocenters. The molecular formula is C14H18N2O3. The highest BCUT2D eigenvalue weighted by molar-refractivity contribution is 5.96. The Morgan fingerprint density at radius 2 is 2.21 bits per heavy atom. The number of likely N-dealkylation sites (N-methyl/N-ethyl adjacent to an activating group) is 1. The summed E-state index contributed by atoms with van der Waals surface area (Å²) in [6.07, 6.45) is 0.0142. The second kappa shape index (κ2) is 5.30. The Bertz CT molecular complexity index is 513. The predicted octanol–water partition coefficient (Wildman–Crippen LogP) is 1.22. The first-order valence-corrected chi connectivity index (χ1v) is 6.28. The first-order chi connectivity index (χ1) is 9.01. The minimum absolute atomic E-state index is 0.00122. The summed E-state index contributed by atoms with van der Waals surface area (Å²) in [4.78, 5) is 24.9. The maximum atomic E-state index is 11.6. The van der Waals surface area contributed by atoms with Gasteiger partial charge in [0.05, 0.1) is 18.8 Å². The van der Waals surface area contributed by atoms with E-state index in [4.69, 9.17) is 4.74 Å². The van der Waals surface area contributed by atoms with Crippen molar-refractivity contribution in [2.75, 3.05) is 25.0 Å². The Balaban J connectivity index is 2.35. The highest BCUT2D eigenvalue weighted by atomic mass is 16.5. The summed E-state index contributed by atoms with van der Waals surface area (Å²) in [6, 6.07) is 5.32. The van der Waals surface area contributed by atoms with Crippen LogP contribution in [0.4, 0.5) is 5.69 Å². The van der Waals surface area contributed by atoms with Crippen molar-refractivity contribution in [2.24, 2.45) is 0 Å². The van der Waals surface area contributed by atoms with Crippen molar-refractivity contribution >= 4 is 17.4 Å². The molecule has 0 fully saturated rings. The van der Waals surface area contributed by atoms with Crippen LogP contribution in [0, 0.1) is 0 Å². The SMILES string of the molecule is CNC(=O)CN1CC(C)Oc2ccc(C(C)=O)cc21. The maximum Gasteiger partial charge on any atom is 0.239 e. The number of carbonyl (C=O) groups excluding carboxylic acids is 2. The van der Waals surface area contributed by atoms with Gasteiger partial charge in [0.25, 0.3) is 0 Å². The van der Waals surface area contributed by atoms with Crippen LogP contribution in [0.3, 0.4) is 0 Å². The third-order valence-electron chi connectivity index (χ3n) is 3.13. The van der Waals surface area contributed by atoms with Crippen LogP contribution in [0.2, 0.25) is 0 Å². The van der Waals surface area contributed by atoms with E-state index in [0.717, 1.165) is 5.69 Å². The lowest BCUT2D eigenvalue weighted by Crippen LogP contribution is -2.43. The van der Waals surface area contributed by atoms with Crippen LogP contribution in [0.5, 0.6) is 5.75 Å². The van der Waals surface area contributed by atoms with Crippen LogP contribution < -0.4 is 15.0 Å². The van der Waals surface area contributed by atoms with E-state index >= 15 is 0 Å². The van der Waals surface area contributed by atoms with Gasteiger partial charge < -0.3 is 15.0 Å². The van der Waals surface area contributed by atoms with Crippen molar-refractivity contribution in [3.8, 4) is 5.75 Å². The molecule has 0 aromatic heterocycles. The number of hydrogen-bond donors (Lipinski definition) is 1. The lowest BCUT2D eigenvalue weighted by atomic mass is 10.1. The molecule has 0 saturated heterocycles. The van der Waals surface area contributed by atoms with Crippen molar-refractivity contribution < 1.29 is 14.3 Å². The molecule has 1 amide bonds. The Labute approximate surface area is 112 Å². The fourth-order valence-corrected chi connectivity index (χ4v) is 2.15. The van der Waals surface area contributed by atoms with Crippen molar-refractivity contribution in [3.63, 3.8) is 0 Å². The summed E-state index contributed by atoms with van der Waals surface area (Å²) in [5.41, 5.74) is 1.42. The molecule has 19 heavy (non-hydrogen) atoms. The average Bonchev–Trinajstić information content (AvgIpc) is 2.37. The van der Waals surface area contributed by atoms with E-state index in [0.29, 0.717) is 17.9 Å².